The molecule has 0 saturated carbocycles. The quantitative estimate of drug-likeness (QED) is 0.758. The van der Waals surface area contributed by atoms with Gasteiger partial charge in [0.25, 0.3) is 5.91 Å². The van der Waals surface area contributed by atoms with Crippen molar-refractivity contribution in [2.75, 3.05) is 32.2 Å². The molecule has 0 atom stereocenters. The van der Waals surface area contributed by atoms with Crippen molar-refractivity contribution in [2.45, 2.75) is 25.8 Å². The Morgan fingerprint density at radius 3 is 2.42 bits per heavy atom. The molecule has 132 valence electrons. The normalized spacial score (nSPS) is 15.0. The maximum atomic E-state index is 12.3. The Balaban J connectivity index is 1.79. The lowest BCUT2D eigenvalue weighted by molar-refractivity contribution is -0.134. The molecule has 1 aromatic rings. The van der Waals surface area contributed by atoms with E-state index in [1.807, 2.05) is 25.1 Å². The zero-order chi connectivity index (χ0) is 17.4. The predicted octanol–water partition coefficient (Wildman–Crippen LogP) is 1.81. The molecule has 0 radical (unpaired) electrons. The summed E-state index contributed by atoms with van der Waals surface area (Å²) < 4.78 is 11.1. The van der Waals surface area contributed by atoms with Crippen molar-refractivity contribution in [1.82, 2.24) is 10.2 Å². The first kappa shape index (κ1) is 18.4. The van der Waals surface area contributed by atoms with E-state index in [1.165, 1.54) is 0 Å². The number of nitrogens with zero attached hydrogens (tertiary/aromatic N) is 1. The molecule has 1 fully saturated rings. The minimum atomic E-state index is -0.169. The molecule has 24 heavy (non-hydrogen) atoms. The fourth-order valence-corrected chi connectivity index (χ4v) is 2.69. The summed E-state index contributed by atoms with van der Waals surface area (Å²) in [5.41, 5.74) is 0. The van der Waals surface area contributed by atoms with Gasteiger partial charge in [-0.1, -0.05) is 12.1 Å². The molecular formula is C17H23ClN2O4. The van der Waals surface area contributed by atoms with E-state index in [0.29, 0.717) is 31.2 Å². The van der Waals surface area contributed by atoms with Crippen molar-refractivity contribution in [3.8, 4) is 11.5 Å². The van der Waals surface area contributed by atoms with Crippen LogP contribution in [-0.4, -0.2) is 54.9 Å². The average molecular weight is 355 g/mol. The van der Waals surface area contributed by atoms with E-state index in [2.05, 4.69) is 5.32 Å². The van der Waals surface area contributed by atoms with Crippen LogP contribution in [0.15, 0.2) is 24.3 Å². The number of amides is 2. The van der Waals surface area contributed by atoms with Gasteiger partial charge in [0.15, 0.2) is 18.1 Å². The summed E-state index contributed by atoms with van der Waals surface area (Å²) in [5, 5.41) is 2.85. The molecule has 1 aromatic carbocycles. The highest BCUT2D eigenvalue weighted by Crippen LogP contribution is 2.26. The zero-order valence-electron chi connectivity index (χ0n) is 13.8. The number of rotatable bonds is 7. The van der Waals surface area contributed by atoms with E-state index in [-0.39, 0.29) is 30.3 Å². The molecule has 2 rings (SSSR count). The number of para-hydroxylation sites is 2. The molecule has 1 saturated heterocycles. The summed E-state index contributed by atoms with van der Waals surface area (Å²) in [7, 11) is 0. The molecule has 0 spiro atoms. The Morgan fingerprint density at radius 1 is 1.21 bits per heavy atom. The Morgan fingerprint density at radius 2 is 1.83 bits per heavy atom. The lowest BCUT2D eigenvalue weighted by atomic mass is 10.1. The number of piperidine rings is 1. The number of carbonyl (C=O) groups is 2. The molecule has 7 heteroatoms. The van der Waals surface area contributed by atoms with Gasteiger partial charge in [0, 0.05) is 19.1 Å². The summed E-state index contributed by atoms with van der Waals surface area (Å²) in [4.78, 5) is 25.3. The van der Waals surface area contributed by atoms with Crippen LogP contribution in [0.3, 0.4) is 0 Å². The van der Waals surface area contributed by atoms with Crippen molar-refractivity contribution >= 4 is 23.4 Å². The van der Waals surface area contributed by atoms with Gasteiger partial charge in [-0.15, -0.1) is 11.6 Å². The van der Waals surface area contributed by atoms with Crippen LogP contribution < -0.4 is 14.8 Å². The second kappa shape index (κ2) is 9.37. The largest absolute Gasteiger partial charge is 0.490 e. The molecule has 1 N–H and O–H groups in total. The highest BCUT2D eigenvalue weighted by molar-refractivity contribution is 6.27. The first-order valence-corrected chi connectivity index (χ1v) is 8.65. The molecule has 2 amide bonds. The van der Waals surface area contributed by atoms with E-state index >= 15 is 0 Å². The molecule has 0 aromatic heterocycles. The van der Waals surface area contributed by atoms with Crippen molar-refractivity contribution < 1.29 is 19.1 Å². The number of nitrogens with one attached hydrogen (secondary N) is 1. The topological polar surface area (TPSA) is 67.9 Å². The van der Waals surface area contributed by atoms with Crippen LogP contribution in [-0.2, 0) is 9.59 Å². The van der Waals surface area contributed by atoms with E-state index in [4.69, 9.17) is 21.1 Å². The molecular weight excluding hydrogens is 332 g/mol. The summed E-state index contributed by atoms with van der Waals surface area (Å²) in [6.45, 7) is 3.61. The van der Waals surface area contributed by atoms with Crippen molar-refractivity contribution in [2.24, 2.45) is 0 Å². The molecule has 0 aliphatic carbocycles. The summed E-state index contributed by atoms with van der Waals surface area (Å²) in [6.07, 6.45) is 1.45. The van der Waals surface area contributed by atoms with E-state index < -0.39 is 0 Å². The minimum absolute atomic E-state index is 0.0250. The Hall–Kier alpha value is -1.95. The van der Waals surface area contributed by atoms with Gasteiger partial charge in [-0.2, -0.15) is 0 Å². The van der Waals surface area contributed by atoms with E-state index in [9.17, 15) is 9.59 Å². The van der Waals surface area contributed by atoms with Crippen LogP contribution >= 0.6 is 11.6 Å². The molecule has 0 bridgehead atoms. The third-order valence-corrected chi connectivity index (χ3v) is 4.08. The fraction of sp³-hybridized carbons (Fsp3) is 0.529. The lowest BCUT2D eigenvalue weighted by Gasteiger charge is -2.32. The monoisotopic (exact) mass is 354 g/mol. The van der Waals surface area contributed by atoms with Gasteiger partial charge in [-0.3, -0.25) is 9.59 Å². The third-order valence-electron chi connectivity index (χ3n) is 3.83. The lowest BCUT2D eigenvalue weighted by Crippen LogP contribution is -2.47. The smallest absolute Gasteiger partial charge is 0.260 e. The number of benzene rings is 1. The summed E-state index contributed by atoms with van der Waals surface area (Å²) in [5.74, 6) is 0.930. The number of hydrogen-bond acceptors (Lipinski definition) is 4. The Kier molecular flexibility index (Phi) is 7.18. The van der Waals surface area contributed by atoms with Crippen LogP contribution in [0.2, 0.25) is 0 Å². The van der Waals surface area contributed by atoms with Gasteiger partial charge < -0.3 is 19.7 Å². The van der Waals surface area contributed by atoms with Crippen molar-refractivity contribution in [3.05, 3.63) is 24.3 Å². The highest BCUT2D eigenvalue weighted by Gasteiger charge is 2.24. The van der Waals surface area contributed by atoms with Gasteiger partial charge in [0.1, 0.15) is 5.88 Å². The first-order valence-electron chi connectivity index (χ1n) is 8.11. The zero-order valence-corrected chi connectivity index (χ0v) is 14.6. The SMILES string of the molecule is CCOc1ccccc1OCC(=O)N1CCC(NC(=O)CCl)CC1. The summed E-state index contributed by atoms with van der Waals surface area (Å²) >= 11 is 5.48. The van der Waals surface area contributed by atoms with Crippen LogP contribution in [0.25, 0.3) is 0 Å². The second-order valence-corrected chi connectivity index (χ2v) is 5.79. The number of ether oxygens (including phenoxy) is 2. The average Bonchev–Trinajstić information content (AvgIpc) is 2.61. The number of halogens is 1. The summed E-state index contributed by atoms with van der Waals surface area (Å²) in [6, 6.07) is 7.38. The Bertz CT molecular complexity index is 559. The van der Waals surface area contributed by atoms with Crippen molar-refractivity contribution in [1.29, 1.82) is 0 Å². The third kappa shape index (κ3) is 5.30. The standard InChI is InChI=1S/C17H23ClN2O4/c1-2-23-14-5-3-4-6-15(14)24-12-17(22)20-9-7-13(8-10-20)19-16(21)11-18/h3-6,13H,2,7-12H2,1H3,(H,19,21). The van der Waals surface area contributed by atoms with Crippen molar-refractivity contribution in [3.63, 3.8) is 0 Å². The van der Waals surface area contributed by atoms with Crippen LogP contribution in [0, 0.1) is 0 Å². The molecule has 1 heterocycles. The molecule has 1 aliphatic heterocycles. The maximum absolute atomic E-state index is 12.3. The van der Waals surface area contributed by atoms with Gasteiger partial charge in [-0.05, 0) is 31.9 Å². The second-order valence-electron chi connectivity index (χ2n) is 5.52. The molecule has 0 unspecified atom stereocenters. The number of alkyl halides is 1. The van der Waals surface area contributed by atoms with Crippen LogP contribution in [0.4, 0.5) is 0 Å². The maximum Gasteiger partial charge on any atom is 0.260 e. The number of carbonyl (C=O) groups excluding carboxylic acids is 2. The molecule has 6 nitrogen and oxygen atoms in total. The van der Waals surface area contributed by atoms with Crippen LogP contribution in [0.5, 0.6) is 11.5 Å². The minimum Gasteiger partial charge on any atom is -0.490 e. The predicted molar refractivity (Wildman–Crippen MR) is 91.6 cm³/mol. The fourth-order valence-electron chi connectivity index (χ4n) is 2.61. The highest BCUT2D eigenvalue weighted by atomic mass is 35.5. The van der Waals surface area contributed by atoms with E-state index in [1.54, 1.807) is 11.0 Å². The molecule has 1 aliphatic rings. The van der Waals surface area contributed by atoms with Gasteiger partial charge >= 0.3 is 0 Å². The number of likely N-dealkylation sites (tertiary alicyclic amines) is 1. The van der Waals surface area contributed by atoms with E-state index in [0.717, 1.165) is 12.8 Å². The van der Waals surface area contributed by atoms with Gasteiger partial charge in [0.05, 0.1) is 6.61 Å². The van der Waals surface area contributed by atoms with Gasteiger partial charge in [0.2, 0.25) is 5.91 Å². The van der Waals surface area contributed by atoms with Crippen LogP contribution in [0.1, 0.15) is 19.8 Å². The van der Waals surface area contributed by atoms with Gasteiger partial charge in [-0.25, -0.2) is 0 Å². The first-order chi connectivity index (χ1) is 11.6. The Labute approximate surface area is 147 Å². The number of hydrogen-bond donors (Lipinski definition) is 1.